The minimum absolute atomic E-state index is 0.0831. The van der Waals surface area contributed by atoms with Crippen molar-refractivity contribution in [3.05, 3.63) is 18.2 Å². The van der Waals surface area contributed by atoms with E-state index in [1.807, 2.05) is 0 Å². The van der Waals surface area contributed by atoms with Gasteiger partial charge in [0.2, 0.25) is 11.8 Å². The number of carboxylic acids is 1. The lowest BCUT2D eigenvalue weighted by Gasteiger charge is -2.23. The molecule has 8 heteroatoms. The number of hydrogen-bond acceptors (Lipinski definition) is 5. The van der Waals surface area contributed by atoms with Crippen LogP contribution in [0.1, 0.15) is 13.3 Å². The van der Waals surface area contributed by atoms with Crippen LogP contribution in [0.3, 0.4) is 0 Å². The highest BCUT2D eigenvalue weighted by Gasteiger charge is 2.38. The fourth-order valence-corrected chi connectivity index (χ4v) is 3.00. The van der Waals surface area contributed by atoms with Crippen molar-refractivity contribution < 1.29 is 29.0 Å². The molecule has 0 bridgehead atoms. The van der Waals surface area contributed by atoms with Gasteiger partial charge in [-0.1, -0.05) is 6.92 Å². The fourth-order valence-electron chi connectivity index (χ4n) is 3.00. The second kappa shape index (κ2) is 8.07. The van der Waals surface area contributed by atoms with Crippen LogP contribution in [0.15, 0.2) is 18.2 Å². The molecule has 1 aromatic rings. The van der Waals surface area contributed by atoms with Crippen LogP contribution in [-0.2, 0) is 14.4 Å². The van der Waals surface area contributed by atoms with Crippen LogP contribution in [0.2, 0.25) is 0 Å². The van der Waals surface area contributed by atoms with Gasteiger partial charge in [0.05, 0.1) is 31.7 Å². The van der Waals surface area contributed by atoms with Crippen LogP contribution in [0.4, 0.5) is 5.69 Å². The number of amides is 2. The SMILES string of the molecule is COc1ccc(N2C[C@H](C(=O)N(C)C[C@H](C)C(=O)O)CC2=O)c(OC)c1. The molecule has 142 valence electrons. The summed E-state index contributed by atoms with van der Waals surface area (Å²) in [4.78, 5) is 38.9. The number of rotatable bonds is 7. The molecule has 2 rings (SSSR count). The van der Waals surface area contributed by atoms with Gasteiger partial charge in [-0.3, -0.25) is 14.4 Å². The number of anilines is 1. The smallest absolute Gasteiger partial charge is 0.308 e. The Labute approximate surface area is 152 Å². The summed E-state index contributed by atoms with van der Waals surface area (Å²) in [6.07, 6.45) is 0.0831. The van der Waals surface area contributed by atoms with Crippen molar-refractivity contribution in [2.24, 2.45) is 11.8 Å². The largest absolute Gasteiger partial charge is 0.497 e. The van der Waals surface area contributed by atoms with Gasteiger partial charge in [-0.25, -0.2) is 0 Å². The van der Waals surface area contributed by atoms with E-state index in [1.165, 1.54) is 24.0 Å². The minimum atomic E-state index is -0.961. The van der Waals surface area contributed by atoms with Crippen molar-refractivity contribution in [2.75, 3.05) is 39.3 Å². The van der Waals surface area contributed by atoms with Gasteiger partial charge in [0.25, 0.3) is 0 Å². The highest BCUT2D eigenvalue weighted by Crippen LogP contribution is 2.36. The number of methoxy groups -OCH3 is 2. The molecule has 1 heterocycles. The number of carbonyl (C=O) groups is 3. The van der Waals surface area contributed by atoms with Crippen LogP contribution in [0.5, 0.6) is 11.5 Å². The first-order valence-electron chi connectivity index (χ1n) is 8.28. The van der Waals surface area contributed by atoms with Crippen LogP contribution in [-0.4, -0.2) is 62.1 Å². The molecule has 1 saturated heterocycles. The quantitative estimate of drug-likeness (QED) is 0.782. The van der Waals surface area contributed by atoms with Gasteiger partial charge in [-0.2, -0.15) is 0 Å². The van der Waals surface area contributed by atoms with E-state index in [1.54, 1.807) is 32.2 Å². The molecule has 8 nitrogen and oxygen atoms in total. The average Bonchev–Trinajstić information content (AvgIpc) is 3.01. The normalized spacial score (nSPS) is 17.8. The maximum absolute atomic E-state index is 12.6. The molecule has 0 aliphatic carbocycles. The number of nitrogens with zero attached hydrogens (tertiary/aromatic N) is 2. The second-order valence-electron chi connectivity index (χ2n) is 6.40. The van der Waals surface area contributed by atoms with Gasteiger partial charge < -0.3 is 24.4 Å². The summed E-state index contributed by atoms with van der Waals surface area (Å²) < 4.78 is 10.5. The lowest BCUT2D eigenvalue weighted by molar-refractivity contribution is -0.143. The Hall–Kier alpha value is -2.77. The molecule has 1 aliphatic heterocycles. The Kier molecular flexibility index (Phi) is 6.07. The third-order valence-electron chi connectivity index (χ3n) is 4.50. The topological polar surface area (TPSA) is 96.4 Å². The zero-order chi connectivity index (χ0) is 19.4. The summed E-state index contributed by atoms with van der Waals surface area (Å²) in [6, 6.07) is 5.12. The maximum atomic E-state index is 12.6. The second-order valence-corrected chi connectivity index (χ2v) is 6.40. The summed E-state index contributed by atoms with van der Waals surface area (Å²) in [7, 11) is 4.60. The molecule has 0 saturated carbocycles. The van der Waals surface area contributed by atoms with Gasteiger partial charge in [0.1, 0.15) is 11.5 Å². The van der Waals surface area contributed by atoms with Crippen LogP contribution in [0, 0.1) is 11.8 Å². The molecule has 26 heavy (non-hydrogen) atoms. The molecule has 1 N–H and O–H groups in total. The Morgan fingerprint density at radius 1 is 1.35 bits per heavy atom. The monoisotopic (exact) mass is 364 g/mol. The summed E-state index contributed by atoms with van der Waals surface area (Å²) in [5.74, 6) is -1.46. The molecule has 1 fully saturated rings. The summed E-state index contributed by atoms with van der Waals surface area (Å²) >= 11 is 0. The van der Waals surface area contributed by atoms with Crippen LogP contribution < -0.4 is 14.4 Å². The molecular formula is C18H24N2O6. The molecule has 0 unspecified atom stereocenters. The van der Waals surface area contributed by atoms with E-state index in [9.17, 15) is 14.4 Å². The van der Waals surface area contributed by atoms with Gasteiger partial charge >= 0.3 is 5.97 Å². The van der Waals surface area contributed by atoms with Crippen LogP contribution in [0.25, 0.3) is 0 Å². The van der Waals surface area contributed by atoms with E-state index in [4.69, 9.17) is 14.6 Å². The Morgan fingerprint density at radius 2 is 2.04 bits per heavy atom. The molecule has 0 radical (unpaired) electrons. The maximum Gasteiger partial charge on any atom is 0.308 e. The molecule has 0 aromatic heterocycles. The third kappa shape index (κ3) is 4.07. The molecule has 0 spiro atoms. The number of hydrogen-bond donors (Lipinski definition) is 1. The number of aliphatic carboxylic acids is 1. The van der Waals surface area contributed by atoms with E-state index in [-0.39, 0.29) is 31.3 Å². The van der Waals surface area contributed by atoms with E-state index in [0.717, 1.165) is 0 Å². The van der Waals surface area contributed by atoms with Crippen molar-refractivity contribution in [3.63, 3.8) is 0 Å². The highest BCUT2D eigenvalue weighted by atomic mass is 16.5. The molecule has 1 aromatic carbocycles. The fraction of sp³-hybridized carbons (Fsp3) is 0.500. The molecule has 2 atom stereocenters. The molecule has 1 aliphatic rings. The van der Waals surface area contributed by atoms with E-state index in [0.29, 0.717) is 17.2 Å². The van der Waals surface area contributed by atoms with Gasteiger partial charge in [0.15, 0.2) is 0 Å². The van der Waals surface area contributed by atoms with Gasteiger partial charge in [-0.05, 0) is 12.1 Å². The van der Waals surface area contributed by atoms with Crippen molar-refractivity contribution in [1.29, 1.82) is 0 Å². The van der Waals surface area contributed by atoms with Gasteiger partial charge in [0, 0.05) is 32.6 Å². The Balaban J connectivity index is 2.13. The van der Waals surface area contributed by atoms with E-state index in [2.05, 4.69) is 0 Å². The average molecular weight is 364 g/mol. The zero-order valence-electron chi connectivity index (χ0n) is 15.4. The Morgan fingerprint density at radius 3 is 2.62 bits per heavy atom. The minimum Gasteiger partial charge on any atom is -0.497 e. The van der Waals surface area contributed by atoms with E-state index < -0.39 is 17.8 Å². The van der Waals surface area contributed by atoms with Crippen molar-refractivity contribution in [3.8, 4) is 11.5 Å². The first kappa shape index (κ1) is 19.6. The lowest BCUT2D eigenvalue weighted by atomic mass is 10.1. The summed E-state index contributed by atoms with van der Waals surface area (Å²) in [5, 5.41) is 8.99. The van der Waals surface area contributed by atoms with Crippen molar-refractivity contribution in [1.82, 2.24) is 4.90 Å². The predicted molar refractivity (Wildman–Crippen MR) is 94.4 cm³/mol. The lowest BCUT2D eigenvalue weighted by Crippen LogP contribution is -2.38. The molecular weight excluding hydrogens is 340 g/mol. The molecule has 2 amide bonds. The zero-order valence-corrected chi connectivity index (χ0v) is 15.4. The highest BCUT2D eigenvalue weighted by molar-refractivity contribution is 6.01. The summed E-state index contributed by atoms with van der Waals surface area (Å²) in [6.45, 7) is 1.87. The first-order valence-corrected chi connectivity index (χ1v) is 8.28. The van der Waals surface area contributed by atoms with Crippen LogP contribution >= 0.6 is 0 Å². The van der Waals surface area contributed by atoms with Gasteiger partial charge in [-0.15, -0.1) is 0 Å². The van der Waals surface area contributed by atoms with E-state index >= 15 is 0 Å². The number of ether oxygens (including phenoxy) is 2. The van der Waals surface area contributed by atoms with Crippen molar-refractivity contribution in [2.45, 2.75) is 13.3 Å². The number of benzene rings is 1. The first-order chi connectivity index (χ1) is 12.3. The number of carboxylic acid groups (broad SMARTS) is 1. The predicted octanol–water partition coefficient (Wildman–Crippen LogP) is 1.24. The third-order valence-corrected chi connectivity index (χ3v) is 4.50. The standard InChI is InChI=1S/C18H24N2O6/c1-11(18(23)24)9-19(2)17(22)12-7-16(21)20(10-12)14-6-5-13(25-3)8-15(14)26-4/h5-6,8,11-12H,7,9-10H2,1-4H3,(H,23,24)/t11-,12+/m0/s1. The Bertz CT molecular complexity index is 705. The summed E-state index contributed by atoms with van der Waals surface area (Å²) in [5.41, 5.74) is 0.579. The van der Waals surface area contributed by atoms with Crippen molar-refractivity contribution >= 4 is 23.5 Å². The number of carbonyl (C=O) groups excluding carboxylic acids is 2.